The molecule has 0 heterocycles. The molecule has 3 atom stereocenters. The van der Waals surface area contributed by atoms with Crippen molar-refractivity contribution in [1.82, 2.24) is 0 Å². The van der Waals surface area contributed by atoms with Crippen molar-refractivity contribution in [1.29, 1.82) is 0 Å². The Bertz CT molecular complexity index is 732. The number of hydrogen-bond acceptors (Lipinski definition) is 1. The Hall–Kier alpha value is -1.45. The molecule has 0 aromatic heterocycles. The second kappa shape index (κ2) is 9.14. The van der Waals surface area contributed by atoms with Crippen molar-refractivity contribution in [3.63, 3.8) is 0 Å². The van der Waals surface area contributed by atoms with Crippen molar-refractivity contribution in [3.05, 3.63) is 95.1 Å². The summed E-state index contributed by atoms with van der Waals surface area (Å²) in [5.41, 5.74) is 4.62. The normalized spacial score (nSPS) is 16.1. The Morgan fingerprint density at radius 3 is 2.08 bits per heavy atom. The second-order valence-electron chi connectivity index (χ2n) is 5.76. The first-order valence-corrected chi connectivity index (χ1v) is 10.5. The third-order valence-corrected chi connectivity index (χ3v) is 6.38. The molecule has 2 rings (SSSR count). The van der Waals surface area contributed by atoms with Crippen LogP contribution in [-0.4, -0.2) is 10.5 Å². The fraction of sp³-hybridized carbons (Fsp3) is 0.238. The largest absolute Gasteiger partial charge is 0.259 e. The molecule has 3 unspecified atom stereocenters. The van der Waals surface area contributed by atoms with E-state index in [4.69, 9.17) is 0 Å². The molecular weight excluding hydrogens is 380 g/mol. The molecule has 0 radical (unpaired) electrons. The number of benzene rings is 2. The van der Waals surface area contributed by atoms with Crippen LogP contribution in [0.15, 0.2) is 78.4 Å². The van der Waals surface area contributed by atoms with Crippen LogP contribution in [0.4, 0.5) is 0 Å². The third kappa shape index (κ3) is 4.78. The Morgan fingerprint density at radius 2 is 1.54 bits per heavy atom. The lowest BCUT2D eigenvalue weighted by molar-refractivity contribution is 0.682. The van der Waals surface area contributed by atoms with Crippen LogP contribution in [-0.2, 0) is 10.8 Å². The number of alkyl halides is 1. The van der Waals surface area contributed by atoms with E-state index in [2.05, 4.69) is 53.2 Å². The molecule has 0 aliphatic rings. The zero-order valence-corrected chi connectivity index (χ0v) is 16.7. The molecule has 0 saturated heterocycles. The van der Waals surface area contributed by atoms with E-state index < -0.39 is 10.8 Å². The lowest BCUT2D eigenvalue weighted by Gasteiger charge is -2.17. The molecule has 126 valence electrons. The molecule has 0 N–H and O–H groups in total. The van der Waals surface area contributed by atoms with Gasteiger partial charge in [0.2, 0.25) is 0 Å². The SMILES string of the molecule is C/C=C\C=C(/C)C(Br)c1ccc(C(c2ccccc2)S(C)=O)cc1. The number of allylic oxidation sites excluding steroid dienone is 4. The van der Waals surface area contributed by atoms with E-state index in [1.165, 1.54) is 11.1 Å². The van der Waals surface area contributed by atoms with Gasteiger partial charge >= 0.3 is 0 Å². The molecular formula is C21H23BrOS. The molecule has 0 amide bonds. The fourth-order valence-corrected chi connectivity index (χ4v) is 4.18. The molecule has 0 fully saturated rings. The quantitative estimate of drug-likeness (QED) is 0.420. The summed E-state index contributed by atoms with van der Waals surface area (Å²) in [5.74, 6) is 0. The van der Waals surface area contributed by atoms with Crippen LogP contribution in [0.5, 0.6) is 0 Å². The molecule has 2 aromatic carbocycles. The lowest BCUT2D eigenvalue weighted by atomic mass is 10.00. The van der Waals surface area contributed by atoms with Crippen LogP contribution in [0.3, 0.4) is 0 Å². The van der Waals surface area contributed by atoms with E-state index >= 15 is 0 Å². The molecule has 24 heavy (non-hydrogen) atoms. The van der Waals surface area contributed by atoms with Crippen LogP contribution in [0.2, 0.25) is 0 Å². The zero-order valence-electron chi connectivity index (χ0n) is 14.3. The third-order valence-electron chi connectivity index (χ3n) is 3.92. The first-order chi connectivity index (χ1) is 11.5. The van der Waals surface area contributed by atoms with Gasteiger partial charge in [-0.25, -0.2) is 0 Å². The van der Waals surface area contributed by atoms with Gasteiger partial charge in [0.25, 0.3) is 0 Å². The molecule has 0 spiro atoms. The molecule has 0 aliphatic heterocycles. The summed E-state index contributed by atoms with van der Waals surface area (Å²) in [6.07, 6.45) is 7.95. The number of halogens is 1. The summed E-state index contributed by atoms with van der Waals surface area (Å²) >= 11 is 3.75. The van der Waals surface area contributed by atoms with Crippen molar-refractivity contribution in [2.24, 2.45) is 0 Å². The van der Waals surface area contributed by atoms with Crippen molar-refractivity contribution < 1.29 is 4.21 Å². The second-order valence-corrected chi connectivity index (χ2v) is 8.14. The average Bonchev–Trinajstić information content (AvgIpc) is 2.60. The summed E-state index contributed by atoms with van der Waals surface area (Å²) in [6.45, 7) is 4.12. The summed E-state index contributed by atoms with van der Waals surface area (Å²) < 4.78 is 12.3. The average molecular weight is 403 g/mol. The highest BCUT2D eigenvalue weighted by atomic mass is 79.9. The van der Waals surface area contributed by atoms with Crippen LogP contribution >= 0.6 is 15.9 Å². The fourth-order valence-electron chi connectivity index (χ4n) is 2.64. The van der Waals surface area contributed by atoms with Crippen molar-refractivity contribution in [2.75, 3.05) is 6.26 Å². The summed E-state index contributed by atoms with van der Waals surface area (Å²) in [7, 11) is -0.968. The van der Waals surface area contributed by atoms with Gasteiger partial charge < -0.3 is 0 Å². The summed E-state index contributed by atoms with van der Waals surface area (Å²) in [6, 6.07) is 18.5. The lowest BCUT2D eigenvalue weighted by Crippen LogP contribution is -2.07. The van der Waals surface area contributed by atoms with Crippen LogP contribution in [0.1, 0.15) is 40.6 Å². The van der Waals surface area contributed by atoms with Gasteiger partial charge in [-0.15, -0.1) is 0 Å². The van der Waals surface area contributed by atoms with Crippen LogP contribution in [0, 0.1) is 0 Å². The number of rotatable bonds is 6. The minimum Gasteiger partial charge on any atom is -0.259 e. The van der Waals surface area contributed by atoms with Crippen molar-refractivity contribution in [2.45, 2.75) is 23.9 Å². The maximum atomic E-state index is 12.3. The first kappa shape index (κ1) is 18.9. The van der Waals surface area contributed by atoms with Gasteiger partial charge in [-0.1, -0.05) is 94.3 Å². The molecule has 0 saturated carbocycles. The van der Waals surface area contributed by atoms with Gasteiger partial charge in [-0.05, 0) is 30.5 Å². The number of hydrogen-bond donors (Lipinski definition) is 0. The van der Waals surface area contributed by atoms with Crippen LogP contribution < -0.4 is 0 Å². The predicted molar refractivity (Wildman–Crippen MR) is 109 cm³/mol. The standard InChI is InChI=1S/C21H23BrOS/c1-4-5-9-16(2)20(22)17-12-14-19(15-13-17)21(24(3)23)18-10-7-6-8-11-18/h4-15,20-21H,1-3H3/b5-4-,16-9+. The molecule has 0 bridgehead atoms. The minimum absolute atomic E-state index is 0.0892. The van der Waals surface area contributed by atoms with E-state index in [1.807, 2.05) is 49.4 Å². The molecule has 1 nitrogen and oxygen atoms in total. The first-order valence-electron chi connectivity index (χ1n) is 7.95. The molecule has 0 aliphatic carbocycles. The zero-order chi connectivity index (χ0) is 17.5. The van der Waals surface area contributed by atoms with Gasteiger partial charge in [-0.2, -0.15) is 0 Å². The smallest absolute Gasteiger partial charge is 0.0843 e. The van der Waals surface area contributed by atoms with Gasteiger partial charge in [-0.3, -0.25) is 4.21 Å². The van der Waals surface area contributed by atoms with Crippen molar-refractivity contribution >= 4 is 26.7 Å². The highest BCUT2D eigenvalue weighted by Gasteiger charge is 2.18. The Kier molecular flexibility index (Phi) is 7.19. The predicted octanol–water partition coefficient (Wildman–Crippen LogP) is 6.11. The maximum Gasteiger partial charge on any atom is 0.0843 e. The Labute approximate surface area is 156 Å². The Balaban J connectivity index is 2.29. The molecule has 2 aromatic rings. The minimum atomic E-state index is -0.968. The highest BCUT2D eigenvalue weighted by molar-refractivity contribution is 9.09. The van der Waals surface area contributed by atoms with E-state index in [0.717, 1.165) is 11.1 Å². The van der Waals surface area contributed by atoms with Gasteiger partial charge in [0.1, 0.15) is 0 Å². The molecule has 3 heteroatoms. The van der Waals surface area contributed by atoms with Crippen molar-refractivity contribution in [3.8, 4) is 0 Å². The maximum absolute atomic E-state index is 12.3. The van der Waals surface area contributed by atoms with Gasteiger partial charge in [0.05, 0.1) is 10.1 Å². The monoisotopic (exact) mass is 402 g/mol. The van der Waals surface area contributed by atoms with E-state index in [-0.39, 0.29) is 10.1 Å². The van der Waals surface area contributed by atoms with Gasteiger partial charge in [0.15, 0.2) is 0 Å². The van der Waals surface area contributed by atoms with E-state index in [9.17, 15) is 4.21 Å². The van der Waals surface area contributed by atoms with Gasteiger partial charge in [0, 0.05) is 17.1 Å². The van der Waals surface area contributed by atoms with Crippen LogP contribution in [0.25, 0.3) is 0 Å². The highest BCUT2D eigenvalue weighted by Crippen LogP contribution is 2.33. The van der Waals surface area contributed by atoms with E-state index in [1.54, 1.807) is 6.26 Å². The topological polar surface area (TPSA) is 17.1 Å². The Morgan fingerprint density at radius 1 is 1.00 bits per heavy atom. The summed E-state index contributed by atoms with van der Waals surface area (Å²) in [4.78, 5) is 0.185. The summed E-state index contributed by atoms with van der Waals surface area (Å²) in [5, 5.41) is -0.0892. The van der Waals surface area contributed by atoms with E-state index in [0.29, 0.717) is 0 Å².